The molecule has 1 heterocycles. The fourth-order valence-electron chi connectivity index (χ4n) is 1.30. The molecule has 12 heavy (non-hydrogen) atoms. The lowest BCUT2D eigenvalue weighted by Crippen LogP contribution is -1.72. The maximum atomic E-state index is 6.09. The molecule has 0 aliphatic heterocycles. The largest absolute Gasteiger partial charge is 0.141 e. The maximum absolute atomic E-state index is 6.09. The lowest BCUT2D eigenvalue weighted by atomic mass is 10.2. The van der Waals surface area contributed by atoms with Gasteiger partial charge in [-0.05, 0) is 25.5 Å². The zero-order valence-corrected chi connectivity index (χ0v) is 8.38. The van der Waals surface area contributed by atoms with Gasteiger partial charge in [-0.1, -0.05) is 23.8 Å². The van der Waals surface area contributed by atoms with Crippen molar-refractivity contribution in [1.82, 2.24) is 0 Å². The number of allylic oxidation sites excluding steroid dienone is 2. The number of halogens is 1. The van der Waals surface area contributed by atoms with E-state index in [1.807, 2.05) is 0 Å². The Morgan fingerprint density at radius 3 is 3.17 bits per heavy atom. The Labute approximate surface area is 81.2 Å². The van der Waals surface area contributed by atoms with Crippen molar-refractivity contribution in [2.75, 3.05) is 0 Å². The van der Waals surface area contributed by atoms with E-state index in [2.05, 4.69) is 31.2 Å². The van der Waals surface area contributed by atoms with Crippen LogP contribution in [0.15, 0.2) is 18.2 Å². The molecule has 2 rings (SSSR count). The number of aryl methyl sites for hydroxylation is 1. The average molecular weight is 197 g/mol. The maximum Gasteiger partial charge on any atom is 0.0456 e. The molecule has 0 unspecified atom stereocenters. The number of hydrogen-bond acceptors (Lipinski definition) is 1. The number of rotatable bonds is 0. The van der Waals surface area contributed by atoms with E-state index in [9.17, 15) is 0 Å². The van der Waals surface area contributed by atoms with Crippen molar-refractivity contribution in [1.29, 1.82) is 0 Å². The summed E-state index contributed by atoms with van der Waals surface area (Å²) < 4.78 is 0. The highest BCUT2D eigenvalue weighted by Crippen LogP contribution is 2.33. The summed E-state index contributed by atoms with van der Waals surface area (Å²) in [4.78, 5) is 2.60. The highest BCUT2D eigenvalue weighted by atomic mass is 35.5. The second kappa shape index (κ2) is 3.08. The van der Waals surface area contributed by atoms with Gasteiger partial charge in [0.2, 0.25) is 0 Å². The van der Waals surface area contributed by atoms with Crippen molar-refractivity contribution in [2.24, 2.45) is 0 Å². The summed E-state index contributed by atoms with van der Waals surface area (Å²) >= 11 is 7.89. The van der Waals surface area contributed by atoms with Gasteiger partial charge < -0.3 is 0 Å². The number of thiophene rings is 1. The summed E-state index contributed by atoms with van der Waals surface area (Å²) in [5.74, 6) is 0. The van der Waals surface area contributed by atoms with Crippen LogP contribution in [0.25, 0.3) is 11.1 Å². The van der Waals surface area contributed by atoms with E-state index in [0.717, 1.165) is 11.5 Å². The van der Waals surface area contributed by atoms with Crippen LogP contribution in [-0.4, -0.2) is 0 Å². The van der Waals surface area contributed by atoms with Gasteiger partial charge >= 0.3 is 0 Å². The van der Waals surface area contributed by atoms with Crippen molar-refractivity contribution in [3.63, 3.8) is 0 Å². The smallest absolute Gasteiger partial charge is 0.0456 e. The summed E-state index contributed by atoms with van der Waals surface area (Å²) in [6, 6.07) is 2.15. The molecule has 1 aliphatic carbocycles. The molecule has 0 spiro atoms. The highest BCUT2D eigenvalue weighted by Gasteiger charge is 2.08. The second-order valence-electron chi connectivity index (χ2n) is 2.83. The van der Waals surface area contributed by atoms with Gasteiger partial charge in [0, 0.05) is 20.4 Å². The third-order valence-corrected chi connectivity index (χ3v) is 3.22. The van der Waals surface area contributed by atoms with Crippen LogP contribution in [0.3, 0.4) is 0 Å². The minimum atomic E-state index is 0.888. The van der Waals surface area contributed by atoms with E-state index in [1.54, 1.807) is 11.3 Å². The van der Waals surface area contributed by atoms with E-state index in [1.165, 1.54) is 15.3 Å². The monoisotopic (exact) mass is 196 g/mol. The van der Waals surface area contributed by atoms with Crippen molar-refractivity contribution >= 4 is 34.0 Å². The Kier molecular flexibility index (Phi) is 2.07. The minimum absolute atomic E-state index is 0.888. The summed E-state index contributed by atoms with van der Waals surface area (Å²) in [6.45, 7) is 2.11. The lowest BCUT2D eigenvalue weighted by Gasteiger charge is -1.93. The Morgan fingerprint density at radius 2 is 2.33 bits per heavy atom. The molecule has 62 valence electrons. The zero-order chi connectivity index (χ0) is 8.55. The van der Waals surface area contributed by atoms with E-state index in [4.69, 9.17) is 11.6 Å². The summed E-state index contributed by atoms with van der Waals surface area (Å²) in [5, 5.41) is 0.888. The Morgan fingerprint density at radius 1 is 1.50 bits per heavy atom. The van der Waals surface area contributed by atoms with Crippen LogP contribution < -0.4 is 0 Å². The van der Waals surface area contributed by atoms with E-state index in [-0.39, 0.29) is 0 Å². The molecule has 1 aromatic rings. The molecule has 1 aliphatic rings. The predicted octanol–water partition coefficient (Wildman–Crippen LogP) is 4.05. The molecule has 0 fully saturated rings. The number of fused-ring (bicyclic) bond motifs is 1. The van der Waals surface area contributed by atoms with Gasteiger partial charge in [-0.3, -0.25) is 0 Å². The van der Waals surface area contributed by atoms with Crippen molar-refractivity contribution in [2.45, 2.75) is 13.3 Å². The third kappa shape index (κ3) is 1.35. The van der Waals surface area contributed by atoms with Gasteiger partial charge in [0.05, 0.1) is 0 Å². The van der Waals surface area contributed by atoms with Gasteiger partial charge in [0.1, 0.15) is 0 Å². The first-order valence-electron chi connectivity index (χ1n) is 3.90. The van der Waals surface area contributed by atoms with Gasteiger partial charge in [-0.15, -0.1) is 11.3 Å². The third-order valence-electron chi connectivity index (χ3n) is 1.84. The van der Waals surface area contributed by atoms with Crippen molar-refractivity contribution < 1.29 is 0 Å². The quantitative estimate of drug-likeness (QED) is 0.587. The first kappa shape index (κ1) is 8.09. The second-order valence-corrected chi connectivity index (χ2v) is 4.52. The van der Waals surface area contributed by atoms with Gasteiger partial charge in [0.25, 0.3) is 0 Å². The molecular formula is C10H9ClS. The van der Waals surface area contributed by atoms with Gasteiger partial charge in [0.15, 0.2) is 0 Å². The van der Waals surface area contributed by atoms with Crippen LogP contribution in [-0.2, 0) is 0 Å². The predicted molar refractivity (Wildman–Crippen MR) is 56.5 cm³/mol. The number of hydrogen-bond donors (Lipinski definition) is 0. The zero-order valence-electron chi connectivity index (χ0n) is 6.80. The molecule has 0 nitrogen and oxygen atoms in total. The lowest BCUT2D eigenvalue weighted by molar-refractivity contribution is 1.43. The molecule has 0 amide bonds. The molecule has 0 N–H and O–H groups in total. The first-order chi connectivity index (χ1) is 5.77. The first-order valence-corrected chi connectivity index (χ1v) is 5.10. The molecule has 1 aromatic heterocycles. The highest BCUT2D eigenvalue weighted by molar-refractivity contribution is 7.13. The summed E-state index contributed by atoms with van der Waals surface area (Å²) in [6.07, 6.45) is 7.29. The Bertz CT molecular complexity index is 358. The molecule has 0 saturated carbocycles. The fourth-order valence-corrected chi connectivity index (χ4v) is 2.57. The van der Waals surface area contributed by atoms with Crippen LogP contribution in [0.5, 0.6) is 0 Å². The average Bonchev–Trinajstić information content (AvgIpc) is 2.33. The molecule has 0 aromatic carbocycles. The van der Waals surface area contributed by atoms with E-state index < -0.39 is 0 Å². The Hall–Kier alpha value is -0.530. The molecule has 2 heteroatoms. The van der Waals surface area contributed by atoms with Crippen LogP contribution in [0.1, 0.15) is 21.7 Å². The SMILES string of the molecule is Cc1cc2c(s1)C=CCC=C2Cl. The standard InChI is InChI=1S/C10H9ClS/c1-7-6-8-9(11)4-2-3-5-10(8)12-7/h3-6H,2H2,1H3. The molecular weight excluding hydrogens is 188 g/mol. The molecule has 0 atom stereocenters. The van der Waals surface area contributed by atoms with Crippen molar-refractivity contribution in [3.05, 3.63) is 33.5 Å². The van der Waals surface area contributed by atoms with Gasteiger partial charge in [-0.25, -0.2) is 0 Å². The summed E-state index contributed by atoms with van der Waals surface area (Å²) in [7, 11) is 0. The normalized spacial score (nSPS) is 15.3. The topological polar surface area (TPSA) is 0 Å². The Balaban J connectivity index is 2.60. The molecule has 0 radical (unpaired) electrons. The van der Waals surface area contributed by atoms with Crippen LogP contribution in [0, 0.1) is 6.92 Å². The van der Waals surface area contributed by atoms with Gasteiger partial charge in [-0.2, -0.15) is 0 Å². The van der Waals surface area contributed by atoms with Crippen LogP contribution >= 0.6 is 22.9 Å². The van der Waals surface area contributed by atoms with Crippen LogP contribution in [0.2, 0.25) is 0 Å². The van der Waals surface area contributed by atoms with Crippen molar-refractivity contribution in [3.8, 4) is 0 Å². The minimum Gasteiger partial charge on any atom is -0.141 e. The fraction of sp³-hybridized carbons (Fsp3) is 0.200. The van der Waals surface area contributed by atoms with E-state index in [0.29, 0.717) is 0 Å². The molecule has 0 saturated heterocycles. The van der Waals surface area contributed by atoms with E-state index >= 15 is 0 Å². The molecule has 0 bridgehead atoms. The van der Waals surface area contributed by atoms with Crippen LogP contribution in [0.4, 0.5) is 0 Å². The summed E-state index contributed by atoms with van der Waals surface area (Å²) in [5.41, 5.74) is 1.19.